The molecule has 0 aromatic carbocycles. The molecule has 0 N–H and O–H groups in total. The second kappa shape index (κ2) is 5.41. The van der Waals surface area contributed by atoms with Gasteiger partial charge in [0.25, 0.3) is 0 Å². The van der Waals surface area contributed by atoms with Crippen molar-refractivity contribution in [2.75, 3.05) is 19.7 Å². The van der Waals surface area contributed by atoms with Crippen LogP contribution in [0.2, 0.25) is 0 Å². The van der Waals surface area contributed by atoms with Crippen LogP contribution in [0.15, 0.2) is 10.6 Å². The largest absolute Gasteiger partial charge is 0.444 e. The standard InChI is InChI=1S/C14H24N2O2/c1-5-11-9-16(6-7-17-11)10-13-15-8-12(18-13)14(2,3)4/h8,11H,5-7,9-10H2,1-4H3. The molecule has 0 amide bonds. The first-order valence-corrected chi connectivity index (χ1v) is 6.78. The molecule has 1 saturated heterocycles. The maximum absolute atomic E-state index is 5.83. The molecule has 0 saturated carbocycles. The highest BCUT2D eigenvalue weighted by atomic mass is 16.5. The summed E-state index contributed by atoms with van der Waals surface area (Å²) in [4.78, 5) is 6.74. The molecule has 1 atom stereocenters. The molecule has 102 valence electrons. The quantitative estimate of drug-likeness (QED) is 0.829. The van der Waals surface area contributed by atoms with E-state index in [-0.39, 0.29) is 5.41 Å². The molecule has 1 fully saturated rings. The Morgan fingerprint density at radius 1 is 1.44 bits per heavy atom. The molecular formula is C14H24N2O2. The van der Waals surface area contributed by atoms with Gasteiger partial charge < -0.3 is 9.15 Å². The average molecular weight is 252 g/mol. The van der Waals surface area contributed by atoms with E-state index in [1.165, 1.54) is 0 Å². The Labute approximate surface area is 109 Å². The van der Waals surface area contributed by atoms with Gasteiger partial charge in [-0.1, -0.05) is 27.7 Å². The van der Waals surface area contributed by atoms with Crippen LogP contribution in [0.1, 0.15) is 45.8 Å². The average Bonchev–Trinajstić information content (AvgIpc) is 2.77. The van der Waals surface area contributed by atoms with Crippen molar-refractivity contribution >= 4 is 0 Å². The molecule has 0 radical (unpaired) electrons. The van der Waals surface area contributed by atoms with Crippen LogP contribution in [-0.2, 0) is 16.7 Å². The van der Waals surface area contributed by atoms with Crippen LogP contribution in [0.5, 0.6) is 0 Å². The summed E-state index contributed by atoms with van der Waals surface area (Å²) in [6, 6.07) is 0. The summed E-state index contributed by atoms with van der Waals surface area (Å²) < 4.78 is 11.5. The van der Waals surface area contributed by atoms with E-state index < -0.39 is 0 Å². The Bertz CT molecular complexity index is 381. The summed E-state index contributed by atoms with van der Waals surface area (Å²) in [5.41, 5.74) is 0.0300. The maximum atomic E-state index is 5.83. The van der Waals surface area contributed by atoms with Crippen LogP contribution in [0.25, 0.3) is 0 Å². The lowest BCUT2D eigenvalue weighted by Gasteiger charge is -2.31. The SMILES string of the molecule is CCC1CN(Cc2ncc(C(C)(C)C)o2)CCO1. The molecule has 18 heavy (non-hydrogen) atoms. The van der Waals surface area contributed by atoms with Crippen LogP contribution >= 0.6 is 0 Å². The van der Waals surface area contributed by atoms with E-state index in [2.05, 4.69) is 37.6 Å². The number of morpholine rings is 1. The predicted octanol–water partition coefficient (Wildman–Crippen LogP) is 2.58. The van der Waals surface area contributed by atoms with Gasteiger partial charge in [-0.3, -0.25) is 4.90 Å². The number of aromatic nitrogens is 1. The van der Waals surface area contributed by atoms with Crippen molar-refractivity contribution < 1.29 is 9.15 Å². The molecule has 1 aromatic heterocycles. The van der Waals surface area contributed by atoms with Crippen molar-refractivity contribution in [1.82, 2.24) is 9.88 Å². The van der Waals surface area contributed by atoms with E-state index >= 15 is 0 Å². The highest BCUT2D eigenvalue weighted by Crippen LogP contribution is 2.23. The van der Waals surface area contributed by atoms with Crippen molar-refractivity contribution in [1.29, 1.82) is 0 Å². The summed E-state index contributed by atoms with van der Waals surface area (Å²) in [7, 11) is 0. The molecule has 1 aliphatic heterocycles. The van der Waals surface area contributed by atoms with Crippen molar-refractivity contribution in [2.45, 2.75) is 52.2 Å². The highest BCUT2D eigenvalue weighted by molar-refractivity contribution is 5.06. The Kier molecular flexibility index (Phi) is 4.07. The van der Waals surface area contributed by atoms with E-state index in [0.29, 0.717) is 6.10 Å². The summed E-state index contributed by atoms with van der Waals surface area (Å²) in [6.07, 6.45) is 3.28. The lowest BCUT2D eigenvalue weighted by atomic mass is 9.94. The van der Waals surface area contributed by atoms with Gasteiger partial charge in [-0.15, -0.1) is 0 Å². The predicted molar refractivity (Wildman–Crippen MR) is 70.5 cm³/mol. The zero-order valence-electron chi connectivity index (χ0n) is 11.9. The van der Waals surface area contributed by atoms with Gasteiger partial charge in [-0.2, -0.15) is 0 Å². The number of oxazole rings is 1. The second-order valence-electron chi connectivity index (χ2n) is 6.00. The number of rotatable bonds is 3. The molecule has 1 aromatic rings. The lowest BCUT2D eigenvalue weighted by Crippen LogP contribution is -2.41. The van der Waals surface area contributed by atoms with Crippen molar-refractivity contribution in [2.24, 2.45) is 0 Å². The van der Waals surface area contributed by atoms with Gasteiger partial charge in [-0.25, -0.2) is 4.98 Å². The minimum Gasteiger partial charge on any atom is -0.444 e. The Balaban J connectivity index is 1.95. The molecule has 0 bridgehead atoms. The van der Waals surface area contributed by atoms with Crippen LogP contribution in [0, 0.1) is 0 Å². The molecule has 0 spiro atoms. The van der Waals surface area contributed by atoms with Crippen molar-refractivity contribution in [3.8, 4) is 0 Å². The maximum Gasteiger partial charge on any atom is 0.208 e. The highest BCUT2D eigenvalue weighted by Gasteiger charge is 2.23. The number of hydrogen-bond acceptors (Lipinski definition) is 4. The molecule has 4 heteroatoms. The van der Waals surface area contributed by atoms with Crippen molar-refractivity contribution in [3.63, 3.8) is 0 Å². The van der Waals surface area contributed by atoms with Crippen LogP contribution in [-0.4, -0.2) is 35.7 Å². The number of nitrogens with zero attached hydrogens (tertiary/aromatic N) is 2. The molecular weight excluding hydrogens is 228 g/mol. The first-order chi connectivity index (χ1) is 8.49. The zero-order valence-corrected chi connectivity index (χ0v) is 11.9. The van der Waals surface area contributed by atoms with Crippen LogP contribution in [0.4, 0.5) is 0 Å². The van der Waals surface area contributed by atoms with Gasteiger partial charge in [0.1, 0.15) is 5.76 Å². The minimum absolute atomic E-state index is 0.0300. The first-order valence-electron chi connectivity index (χ1n) is 6.78. The molecule has 2 heterocycles. The second-order valence-corrected chi connectivity index (χ2v) is 6.00. The van der Waals surface area contributed by atoms with E-state index in [9.17, 15) is 0 Å². The van der Waals surface area contributed by atoms with Gasteiger partial charge in [-0.05, 0) is 6.42 Å². The third kappa shape index (κ3) is 3.33. The first kappa shape index (κ1) is 13.6. The van der Waals surface area contributed by atoms with Gasteiger partial charge >= 0.3 is 0 Å². The molecule has 1 unspecified atom stereocenters. The van der Waals surface area contributed by atoms with E-state index in [4.69, 9.17) is 9.15 Å². The molecule has 0 aliphatic carbocycles. The summed E-state index contributed by atoms with van der Waals surface area (Å²) in [5, 5.41) is 0. The lowest BCUT2D eigenvalue weighted by molar-refractivity contribution is -0.0348. The fourth-order valence-corrected chi connectivity index (χ4v) is 2.09. The number of ether oxygens (including phenoxy) is 1. The monoisotopic (exact) mass is 252 g/mol. The third-order valence-electron chi connectivity index (χ3n) is 3.33. The third-order valence-corrected chi connectivity index (χ3v) is 3.33. The smallest absolute Gasteiger partial charge is 0.208 e. The summed E-state index contributed by atoms with van der Waals surface area (Å²) >= 11 is 0. The van der Waals surface area contributed by atoms with Gasteiger partial charge in [0.05, 0.1) is 25.5 Å². The van der Waals surface area contributed by atoms with Gasteiger partial charge in [0.2, 0.25) is 5.89 Å². The van der Waals surface area contributed by atoms with Crippen molar-refractivity contribution in [3.05, 3.63) is 17.8 Å². The Hall–Kier alpha value is -0.870. The van der Waals surface area contributed by atoms with E-state index in [0.717, 1.165) is 44.3 Å². The van der Waals surface area contributed by atoms with Crippen LogP contribution < -0.4 is 0 Å². The van der Waals surface area contributed by atoms with Crippen LogP contribution in [0.3, 0.4) is 0 Å². The fourth-order valence-electron chi connectivity index (χ4n) is 2.09. The topological polar surface area (TPSA) is 38.5 Å². The number of hydrogen-bond donors (Lipinski definition) is 0. The fraction of sp³-hybridized carbons (Fsp3) is 0.786. The Morgan fingerprint density at radius 2 is 2.22 bits per heavy atom. The van der Waals surface area contributed by atoms with E-state index in [1.54, 1.807) is 0 Å². The molecule has 2 rings (SSSR count). The van der Waals surface area contributed by atoms with E-state index in [1.807, 2.05) is 6.20 Å². The zero-order chi connectivity index (χ0) is 13.2. The normalized spacial score (nSPS) is 22.3. The van der Waals surface area contributed by atoms with Gasteiger partial charge in [0, 0.05) is 18.5 Å². The minimum atomic E-state index is 0.0300. The summed E-state index contributed by atoms with van der Waals surface area (Å²) in [6.45, 7) is 12.1. The van der Waals surface area contributed by atoms with Gasteiger partial charge in [0.15, 0.2) is 0 Å². The summed E-state index contributed by atoms with van der Waals surface area (Å²) in [5.74, 6) is 1.77. The molecule has 1 aliphatic rings. The Morgan fingerprint density at radius 3 is 2.83 bits per heavy atom. The molecule has 4 nitrogen and oxygen atoms in total.